The number of anilines is 1. The van der Waals surface area contributed by atoms with Crippen LogP contribution in [-0.4, -0.2) is 45.9 Å². The van der Waals surface area contributed by atoms with E-state index in [4.69, 9.17) is 16.3 Å². The Morgan fingerprint density at radius 2 is 2.47 bits per heavy atom. The van der Waals surface area contributed by atoms with Crippen LogP contribution in [0.3, 0.4) is 0 Å². The van der Waals surface area contributed by atoms with Crippen LogP contribution in [0.25, 0.3) is 5.78 Å². The van der Waals surface area contributed by atoms with E-state index in [1.165, 1.54) is 6.33 Å². The Morgan fingerprint density at radius 1 is 1.59 bits per heavy atom. The molecule has 1 fully saturated rings. The zero-order valence-electron chi connectivity index (χ0n) is 9.38. The van der Waals surface area contributed by atoms with E-state index in [2.05, 4.69) is 20.0 Å². The molecule has 1 saturated heterocycles. The van der Waals surface area contributed by atoms with Gasteiger partial charge in [0, 0.05) is 19.7 Å². The predicted octanol–water partition coefficient (Wildman–Crippen LogP) is 1.00. The highest BCUT2D eigenvalue weighted by atomic mass is 35.5. The first-order valence-corrected chi connectivity index (χ1v) is 5.80. The lowest BCUT2D eigenvalue weighted by Gasteiger charge is -2.25. The van der Waals surface area contributed by atoms with E-state index in [9.17, 15) is 0 Å². The van der Waals surface area contributed by atoms with E-state index >= 15 is 0 Å². The van der Waals surface area contributed by atoms with Crippen LogP contribution in [0.15, 0.2) is 12.4 Å². The summed E-state index contributed by atoms with van der Waals surface area (Å²) < 4.78 is 7.07. The third-order valence-corrected chi connectivity index (χ3v) is 3.21. The van der Waals surface area contributed by atoms with Gasteiger partial charge in [-0.05, 0) is 6.42 Å². The van der Waals surface area contributed by atoms with Crippen molar-refractivity contribution in [2.45, 2.75) is 12.5 Å². The first-order chi connectivity index (χ1) is 8.25. The second kappa shape index (κ2) is 4.12. The number of nitrogens with zero attached hydrogens (tertiary/aromatic N) is 5. The van der Waals surface area contributed by atoms with Crippen molar-refractivity contribution in [1.82, 2.24) is 19.6 Å². The van der Waals surface area contributed by atoms with Gasteiger partial charge in [0.15, 0.2) is 0 Å². The molecule has 2 aromatic rings. The number of rotatable bonds is 2. The molecule has 17 heavy (non-hydrogen) atoms. The van der Waals surface area contributed by atoms with Crippen LogP contribution < -0.4 is 4.90 Å². The van der Waals surface area contributed by atoms with Gasteiger partial charge < -0.3 is 9.64 Å². The molecular formula is C10H12ClN5O. The van der Waals surface area contributed by atoms with Gasteiger partial charge in [0.2, 0.25) is 0 Å². The number of hydrogen-bond donors (Lipinski definition) is 0. The molecule has 90 valence electrons. The predicted molar refractivity (Wildman–Crippen MR) is 63.4 cm³/mol. The van der Waals surface area contributed by atoms with Crippen LogP contribution in [0.1, 0.15) is 6.42 Å². The lowest BCUT2D eigenvalue weighted by molar-refractivity contribution is 0.193. The van der Waals surface area contributed by atoms with Crippen molar-refractivity contribution in [2.75, 3.05) is 25.2 Å². The lowest BCUT2D eigenvalue weighted by Crippen LogP contribution is -2.33. The van der Waals surface area contributed by atoms with Crippen LogP contribution in [0.2, 0.25) is 5.15 Å². The van der Waals surface area contributed by atoms with Crippen molar-refractivity contribution < 1.29 is 4.74 Å². The van der Waals surface area contributed by atoms with Crippen molar-refractivity contribution in [3.05, 3.63) is 17.5 Å². The van der Waals surface area contributed by atoms with Crippen molar-refractivity contribution in [3.8, 4) is 0 Å². The second-order valence-corrected chi connectivity index (χ2v) is 4.42. The van der Waals surface area contributed by atoms with Crippen molar-refractivity contribution >= 4 is 23.2 Å². The average Bonchev–Trinajstić information content (AvgIpc) is 2.97. The van der Waals surface area contributed by atoms with Gasteiger partial charge in [0.1, 0.15) is 17.3 Å². The van der Waals surface area contributed by atoms with E-state index in [0.717, 1.165) is 25.5 Å². The Labute approximate surface area is 103 Å². The Balaban J connectivity index is 2.05. The fraction of sp³-hybridized carbons (Fsp3) is 0.500. The monoisotopic (exact) mass is 253 g/mol. The van der Waals surface area contributed by atoms with E-state index in [-0.39, 0.29) is 0 Å². The molecule has 0 bridgehead atoms. The summed E-state index contributed by atoms with van der Waals surface area (Å²) in [5.41, 5.74) is 0. The molecule has 6 nitrogen and oxygen atoms in total. The molecule has 0 aromatic carbocycles. The number of aromatic nitrogens is 4. The van der Waals surface area contributed by atoms with Crippen LogP contribution in [0, 0.1) is 0 Å². The molecule has 1 aliphatic rings. The molecule has 0 aliphatic carbocycles. The molecule has 2 aromatic heterocycles. The summed E-state index contributed by atoms with van der Waals surface area (Å²) >= 11 is 5.98. The Morgan fingerprint density at radius 3 is 3.24 bits per heavy atom. The molecule has 0 N–H and O–H groups in total. The van der Waals surface area contributed by atoms with Gasteiger partial charge in [-0.3, -0.25) is 0 Å². The summed E-state index contributed by atoms with van der Waals surface area (Å²) in [4.78, 5) is 10.3. The van der Waals surface area contributed by atoms with Gasteiger partial charge in [0.05, 0.1) is 12.6 Å². The maximum absolute atomic E-state index is 5.98. The molecule has 3 heterocycles. The van der Waals surface area contributed by atoms with Gasteiger partial charge in [-0.25, -0.2) is 0 Å². The zero-order chi connectivity index (χ0) is 11.8. The fourth-order valence-corrected chi connectivity index (χ4v) is 2.21. The highest BCUT2D eigenvalue weighted by molar-refractivity contribution is 6.29. The number of likely N-dealkylation sites (N-methyl/N-ethyl adjacent to an activating group) is 1. The standard InChI is InChI=1S/C10H12ClN5O/c1-15(7-2-3-17-5-7)9-4-8(11)14-10-12-6-13-16(9)10/h4,6-7H,2-3,5H2,1H3. The van der Waals surface area contributed by atoms with Crippen LogP contribution in [-0.2, 0) is 4.74 Å². The van der Waals surface area contributed by atoms with Crippen molar-refractivity contribution in [2.24, 2.45) is 0 Å². The van der Waals surface area contributed by atoms with Gasteiger partial charge >= 0.3 is 0 Å². The second-order valence-electron chi connectivity index (χ2n) is 4.04. The maximum Gasteiger partial charge on any atom is 0.255 e. The molecule has 1 atom stereocenters. The lowest BCUT2D eigenvalue weighted by atomic mass is 10.2. The van der Waals surface area contributed by atoms with Gasteiger partial charge in [0.25, 0.3) is 5.78 Å². The van der Waals surface area contributed by atoms with E-state index in [1.807, 2.05) is 7.05 Å². The molecule has 0 amide bonds. The Hall–Kier alpha value is -1.40. The largest absolute Gasteiger partial charge is 0.379 e. The number of hydrogen-bond acceptors (Lipinski definition) is 5. The van der Waals surface area contributed by atoms with Gasteiger partial charge in [-0.2, -0.15) is 19.6 Å². The summed E-state index contributed by atoms with van der Waals surface area (Å²) in [5, 5.41) is 4.58. The third kappa shape index (κ3) is 1.83. The Kier molecular flexibility index (Phi) is 2.60. The molecule has 0 saturated carbocycles. The van der Waals surface area contributed by atoms with Gasteiger partial charge in [-0.1, -0.05) is 11.6 Å². The number of ether oxygens (including phenoxy) is 1. The minimum absolute atomic E-state index is 0.348. The zero-order valence-corrected chi connectivity index (χ0v) is 10.1. The first kappa shape index (κ1) is 10.7. The summed E-state index contributed by atoms with van der Waals surface area (Å²) in [6.07, 6.45) is 2.48. The van der Waals surface area contributed by atoms with Crippen LogP contribution in [0.4, 0.5) is 5.82 Å². The smallest absolute Gasteiger partial charge is 0.255 e. The molecule has 0 radical (unpaired) electrons. The van der Waals surface area contributed by atoms with Gasteiger partial charge in [-0.15, -0.1) is 0 Å². The molecule has 7 heteroatoms. The minimum atomic E-state index is 0.348. The van der Waals surface area contributed by atoms with E-state index in [0.29, 0.717) is 17.0 Å². The average molecular weight is 254 g/mol. The minimum Gasteiger partial charge on any atom is -0.379 e. The molecule has 3 rings (SSSR count). The summed E-state index contributed by atoms with van der Waals surface area (Å²) in [6.45, 7) is 1.53. The molecule has 1 aliphatic heterocycles. The fourth-order valence-electron chi connectivity index (χ4n) is 2.03. The maximum atomic E-state index is 5.98. The Bertz CT molecular complexity index is 536. The third-order valence-electron chi connectivity index (χ3n) is 3.02. The SMILES string of the molecule is CN(c1cc(Cl)nc2ncnn12)C1CCOC1. The number of fused-ring (bicyclic) bond motifs is 1. The molecular weight excluding hydrogens is 242 g/mol. The number of halogens is 1. The molecule has 1 unspecified atom stereocenters. The highest BCUT2D eigenvalue weighted by Crippen LogP contribution is 2.22. The topological polar surface area (TPSA) is 55.6 Å². The van der Waals surface area contributed by atoms with E-state index in [1.54, 1.807) is 10.6 Å². The summed E-state index contributed by atoms with van der Waals surface area (Å²) in [5.74, 6) is 1.39. The first-order valence-electron chi connectivity index (χ1n) is 5.42. The van der Waals surface area contributed by atoms with E-state index < -0.39 is 0 Å². The van der Waals surface area contributed by atoms with Crippen LogP contribution in [0.5, 0.6) is 0 Å². The van der Waals surface area contributed by atoms with Crippen molar-refractivity contribution in [1.29, 1.82) is 0 Å². The quantitative estimate of drug-likeness (QED) is 0.748. The summed E-state index contributed by atoms with van der Waals surface area (Å²) in [7, 11) is 2.01. The van der Waals surface area contributed by atoms with Crippen molar-refractivity contribution in [3.63, 3.8) is 0 Å². The molecule has 0 spiro atoms. The normalized spacial score (nSPS) is 20.0. The summed E-state index contributed by atoms with van der Waals surface area (Å²) in [6, 6.07) is 2.14. The van der Waals surface area contributed by atoms with Crippen LogP contribution >= 0.6 is 11.6 Å². The highest BCUT2D eigenvalue weighted by Gasteiger charge is 2.23.